The number of thiazole rings is 1. The number of carbonyl (C=O) groups is 1. The van der Waals surface area contributed by atoms with Gasteiger partial charge in [0, 0.05) is 11.9 Å². The molecule has 0 aliphatic rings. The zero-order chi connectivity index (χ0) is 10.6. The lowest BCUT2D eigenvalue weighted by atomic mass is 10.3. The molecule has 78 valence electrons. The molecule has 0 spiro atoms. The molecule has 0 radical (unpaired) electrons. The van der Waals surface area contributed by atoms with E-state index in [0.29, 0.717) is 18.7 Å². The summed E-state index contributed by atoms with van der Waals surface area (Å²) in [6.45, 7) is 4.03. The molecule has 5 heteroatoms. The van der Waals surface area contributed by atoms with Crippen molar-refractivity contribution in [3.8, 4) is 0 Å². The van der Waals surface area contributed by atoms with Crippen LogP contribution in [-0.4, -0.2) is 28.6 Å². The maximum Gasteiger partial charge on any atom is 0.270 e. The molecular formula is C9H14N2O2S. The number of carbonyl (C=O) groups excluding carboxylic acids is 1. The molecule has 0 aromatic carbocycles. The predicted octanol–water partition coefficient (Wildman–Crippen LogP) is 0.952. The van der Waals surface area contributed by atoms with Crippen molar-refractivity contribution in [2.75, 3.05) is 6.54 Å². The lowest BCUT2D eigenvalue weighted by Crippen LogP contribution is -2.26. The summed E-state index contributed by atoms with van der Waals surface area (Å²) in [7, 11) is 0. The molecular weight excluding hydrogens is 200 g/mol. The van der Waals surface area contributed by atoms with Crippen molar-refractivity contribution in [1.29, 1.82) is 0 Å². The second-order valence-electron chi connectivity index (χ2n) is 3.15. The minimum Gasteiger partial charge on any atom is -0.393 e. The topological polar surface area (TPSA) is 62.2 Å². The van der Waals surface area contributed by atoms with E-state index in [4.69, 9.17) is 5.11 Å². The summed E-state index contributed by atoms with van der Waals surface area (Å²) in [5.41, 5.74) is 0.457. The van der Waals surface area contributed by atoms with Crippen LogP contribution in [0.4, 0.5) is 0 Å². The van der Waals surface area contributed by atoms with Crippen molar-refractivity contribution < 1.29 is 9.90 Å². The highest BCUT2D eigenvalue weighted by Gasteiger charge is 2.08. The minimum absolute atomic E-state index is 0.171. The molecule has 0 bridgehead atoms. The van der Waals surface area contributed by atoms with E-state index in [9.17, 15) is 4.79 Å². The molecule has 14 heavy (non-hydrogen) atoms. The maximum atomic E-state index is 11.4. The van der Waals surface area contributed by atoms with E-state index in [2.05, 4.69) is 10.3 Å². The van der Waals surface area contributed by atoms with E-state index in [1.165, 1.54) is 11.3 Å². The molecule has 1 atom stereocenters. The highest BCUT2D eigenvalue weighted by molar-refractivity contribution is 7.09. The van der Waals surface area contributed by atoms with Crippen molar-refractivity contribution >= 4 is 17.2 Å². The van der Waals surface area contributed by atoms with Gasteiger partial charge in [0.1, 0.15) is 5.69 Å². The first kappa shape index (κ1) is 11.1. The van der Waals surface area contributed by atoms with Crippen LogP contribution in [0, 0.1) is 6.92 Å². The molecule has 1 amide bonds. The summed E-state index contributed by atoms with van der Waals surface area (Å²) in [5.74, 6) is -0.171. The van der Waals surface area contributed by atoms with E-state index < -0.39 is 0 Å². The normalized spacial score (nSPS) is 12.5. The van der Waals surface area contributed by atoms with Crippen molar-refractivity contribution in [3.63, 3.8) is 0 Å². The Morgan fingerprint density at radius 3 is 3.00 bits per heavy atom. The number of aryl methyl sites for hydroxylation is 1. The fourth-order valence-electron chi connectivity index (χ4n) is 0.953. The number of aliphatic hydroxyl groups is 1. The maximum absolute atomic E-state index is 11.4. The fourth-order valence-corrected chi connectivity index (χ4v) is 1.55. The molecule has 2 N–H and O–H groups in total. The summed E-state index contributed by atoms with van der Waals surface area (Å²) in [6, 6.07) is 0. The third kappa shape index (κ3) is 3.43. The van der Waals surface area contributed by atoms with Crippen LogP contribution in [0.3, 0.4) is 0 Å². The van der Waals surface area contributed by atoms with Crippen molar-refractivity contribution in [1.82, 2.24) is 10.3 Å². The lowest BCUT2D eigenvalue weighted by molar-refractivity contribution is 0.0941. The van der Waals surface area contributed by atoms with Crippen LogP contribution in [0.5, 0.6) is 0 Å². The van der Waals surface area contributed by atoms with Crippen LogP contribution in [-0.2, 0) is 0 Å². The molecule has 1 aromatic rings. The van der Waals surface area contributed by atoms with Crippen LogP contribution in [0.15, 0.2) is 5.38 Å². The van der Waals surface area contributed by atoms with Gasteiger partial charge in [-0.05, 0) is 20.3 Å². The summed E-state index contributed by atoms with van der Waals surface area (Å²) in [6.07, 6.45) is 0.182. The van der Waals surface area contributed by atoms with Gasteiger partial charge < -0.3 is 10.4 Å². The van der Waals surface area contributed by atoms with Crippen molar-refractivity contribution in [2.45, 2.75) is 26.4 Å². The Labute approximate surface area is 87.0 Å². The molecule has 0 aliphatic heterocycles. The first-order valence-corrected chi connectivity index (χ1v) is 5.36. The number of aliphatic hydroxyl groups excluding tert-OH is 1. The summed E-state index contributed by atoms with van der Waals surface area (Å²) in [4.78, 5) is 15.4. The van der Waals surface area contributed by atoms with Gasteiger partial charge in [-0.1, -0.05) is 0 Å². The average molecular weight is 214 g/mol. The van der Waals surface area contributed by atoms with E-state index in [-0.39, 0.29) is 12.0 Å². The molecule has 0 saturated carbocycles. The number of amides is 1. The van der Waals surface area contributed by atoms with Crippen molar-refractivity contribution in [2.24, 2.45) is 0 Å². The zero-order valence-electron chi connectivity index (χ0n) is 8.28. The van der Waals surface area contributed by atoms with Gasteiger partial charge in [0.2, 0.25) is 0 Å². The number of nitrogens with one attached hydrogen (secondary N) is 1. The number of rotatable bonds is 4. The monoisotopic (exact) mass is 214 g/mol. The fraction of sp³-hybridized carbons (Fsp3) is 0.556. The quantitative estimate of drug-likeness (QED) is 0.784. The van der Waals surface area contributed by atoms with E-state index in [1.807, 2.05) is 6.92 Å². The Bertz CT molecular complexity index is 310. The Kier molecular flexibility index (Phi) is 4.03. The molecule has 1 rings (SSSR count). The molecule has 1 aromatic heterocycles. The van der Waals surface area contributed by atoms with Gasteiger partial charge in [0.05, 0.1) is 11.1 Å². The highest BCUT2D eigenvalue weighted by atomic mass is 32.1. The lowest BCUT2D eigenvalue weighted by Gasteiger charge is -2.04. The summed E-state index contributed by atoms with van der Waals surface area (Å²) < 4.78 is 0. The van der Waals surface area contributed by atoms with Gasteiger partial charge in [0.25, 0.3) is 5.91 Å². The smallest absolute Gasteiger partial charge is 0.270 e. The minimum atomic E-state index is -0.382. The van der Waals surface area contributed by atoms with E-state index in [1.54, 1.807) is 12.3 Å². The number of hydrogen-bond donors (Lipinski definition) is 2. The molecule has 0 aliphatic carbocycles. The average Bonchev–Trinajstić information content (AvgIpc) is 2.51. The predicted molar refractivity (Wildman–Crippen MR) is 55.5 cm³/mol. The van der Waals surface area contributed by atoms with Gasteiger partial charge in [-0.2, -0.15) is 0 Å². The Morgan fingerprint density at radius 2 is 2.50 bits per heavy atom. The van der Waals surface area contributed by atoms with Crippen molar-refractivity contribution in [3.05, 3.63) is 16.1 Å². The van der Waals surface area contributed by atoms with Crippen LogP contribution in [0.1, 0.15) is 28.8 Å². The first-order valence-electron chi connectivity index (χ1n) is 4.48. The van der Waals surface area contributed by atoms with Gasteiger partial charge in [-0.15, -0.1) is 11.3 Å². The molecule has 1 unspecified atom stereocenters. The molecule has 1 heterocycles. The van der Waals surface area contributed by atoms with Gasteiger partial charge in [-0.25, -0.2) is 4.98 Å². The van der Waals surface area contributed by atoms with E-state index >= 15 is 0 Å². The Hall–Kier alpha value is -0.940. The Morgan fingerprint density at radius 1 is 1.79 bits per heavy atom. The third-order valence-corrected chi connectivity index (χ3v) is 2.47. The summed E-state index contributed by atoms with van der Waals surface area (Å²) >= 11 is 1.45. The number of aromatic nitrogens is 1. The second-order valence-corrected chi connectivity index (χ2v) is 4.21. The van der Waals surface area contributed by atoms with Gasteiger partial charge >= 0.3 is 0 Å². The largest absolute Gasteiger partial charge is 0.393 e. The molecule has 0 saturated heterocycles. The Balaban J connectivity index is 2.36. The van der Waals surface area contributed by atoms with Crippen LogP contribution < -0.4 is 5.32 Å². The van der Waals surface area contributed by atoms with Crippen LogP contribution in [0.25, 0.3) is 0 Å². The van der Waals surface area contributed by atoms with Gasteiger partial charge in [0.15, 0.2) is 0 Å². The number of nitrogens with zero attached hydrogens (tertiary/aromatic N) is 1. The molecule has 4 nitrogen and oxygen atoms in total. The first-order chi connectivity index (χ1) is 6.59. The zero-order valence-corrected chi connectivity index (χ0v) is 9.10. The second kappa shape index (κ2) is 5.07. The standard InChI is InChI=1S/C9H14N2O2S/c1-6(12)3-4-10-9(13)8-5-14-7(2)11-8/h5-6,12H,3-4H2,1-2H3,(H,10,13). The van der Waals surface area contributed by atoms with E-state index in [0.717, 1.165) is 5.01 Å². The molecule has 0 fully saturated rings. The SMILES string of the molecule is Cc1nc(C(=O)NCCC(C)O)cs1. The van der Waals surface area contributed by atoms with Gasteiger partial charge in [-0.3, -0.25) is 4.79 Å². The van der Waals surface area contributed by atoms with Crippen LogP contribution in [0.2, 0.25) is 0 Å². The van der Waals surface area contributed by atoms with Crippen LogP contribution >= 0.6 is 11.3 Å². The number of hydrogen-bond acceptors (Lipinski definition) is 4. The third-order valence-electron chi connectivity index (χ3n) is 1.70. The highest BCUT2D eigenvalue weighted by Crippen LogP contribution is 2.07. The summed E-state index contributed by atoms with van der Waals surface area (Å²) in [5, 5.41) is 14.3.